The first kappa shape index (κ1) is 12.8. The van der Waals surface area contributed by atoms with Gasteiger partial charge in [-0.25, -0.2) is 0 Å². The highest BCUT2D eigenvalue weighted by atomic mass is 79.9. The van der Waals surface area contributed by atoms with Crippen molar-refractivity contribution >= 4 is 33.2 Å². The standard InChI is InChI=1S/C11H12BrN3O3/c1-14-5-4-9(11(14)16)13-8-3-2-7(12)6-10(8)15(17)18/h2-3,6,9,13H,4-5H2,1H3. The van der Waals surface area contributed by atoms with Gasteiger partial charge in [-0.3, -0.25) is 14.9 Å². The van der Waals surface area contributed by atoms with E-state index in [1.807, 2.05) is 0 Å². The largest absolute Gasteiger partial charge is 0.368 e. The molecule has 1 heterocycles. The van der Waals surface area contributed by atoms with Crippen molar-refractivity contribution in [2.45, 2.75) is 12.5 Å². The fourth-order valence-electron chi connectivity index (χ4n) is 1.92. The van der Waals surface area contributed by atoms with Crippen molar-refractivity contribution in [1.82, 2.24) is 4.90 Å². The van der Waals surface area contributed by atoms with Crippen LogP contribution in [0.15, 0.2) is 22.7 Å². The molecule has 18 heavy (non-hydrogen) atoms. The van der Waals surface area contributed by atoms with E-state index in [1.54, 1.807) is 24.1 Å². The number of carbonyl (C=O) groups is 1. The Hall–Kier alpha value is -1.63. The number of hydrogen-bond acceptors (Lipinski definition) is 4. The molecule has 6 nitrogen and oxygen atoms in total. The minimum atomic E-state index is -0.462. The molecule has 1 unspecified atom stereocenters. The van der Waals surface area contributed by atoms with Crippen molar-refractivity contribution in [1.29, 1.82) is 0 Å². The van der Waals surface area contributed by atoms with Gasteiger partial charge in [0.2, 0.25) is 5.91 Å². The highest BCUT2D eigenvalue weighted by molar-refractivity contribution is 9.10. The van der Waals surface area contributed by atoms with Crippen LogP contribution in [0.1, 0.15) is 6.42 Å². The van der Waals surface area contributed by atoms with Gasteiger partial charge in [-0.1, -0.05) is 15.9 Å². The summed E-state index contributed by atoms with van der Waals surface area (Å²) in [6.45, 7) is 0.667. The molecule has 0 bridgehead atoms. The summed E-state index contributed by atoms with van der Waals surface area (Å²) in [6.07, 6.45) is 0.655. The number of carbonyl (C=O) groups excluding carboxylic acids is 1. The van der Waals surface area contributed by atoms with Crippen molar-refractivity contribution in [3.8, 4) is 0 Å². The molecule has 0 saturated carbocycles. The van der Waals surface area contributed by atoms with Crippen LogP contribution in [0.5, 0.6) is 0 Å². The van der Waals surface area contributed by atoms with E-state index >= 15 is 0 Å². The molecule has 0 aromatic heterocycles. The van der Waals surface area contributed by atoms with Gasteiger partial charge in [-0.05, 0) is 18.6 Å². The zero-order chi connectivity index (χ0) is 13.3. The Morgan fingerprint density at radius 3 is 2.83 bits per heavy atom. The first-order chi connectivity index (χ1) is 8.49. The lowest BCUT2D eigenvalue weighted by Gasteiger charge is -2.13. The van der Waals surface area contributed by atoms with Gasteiger partial charge in [0.15, 0.2) is 0 Å². The van der Waals surface area contributed by atoms with Crippen molar-refractivity contribution in [2.24, 2.45) is 0 Å². The summed E-state index contributed by atoms with van der Waals surface area (Å²) < 4.78 is 0.634. The number of nitrogens with one attached hydrogen (secondary N) is 1. The highest BCUT2D eigenvalue weighted by Crippen LogP contribution is 2.29. The molecule has 1 atom stereocenters. The summed E-state index contributed by atoms with van der Waals surface area (Å²) in [4.78, 5) is 23.8. The van der Waals surface area contributed by atoms with E-state index in [1.165, 1.54) is 6.07 Å². The number of likely N-dealkylation sites (N-methyl/N-ethyl adjacent to an activating group) is 1. The third kappa shape index (κ3) is 2.45. The molecule has 1 fully saturated rings. The van der Waals surface area contributed by atoms with Crippen LogP contribution in [-0.2, 0) is 4.79 Å². The van der Waals surface area contributed by atoms with Gasteiger partial charge < -0.3 is 10.2 Å². The maximum Gasteiger partial charge on any atom is 0.293 e. The molecule has 1 aromatic carbocycles. The van der Waals surface area contributed by atoms with Crippen LogP contribution in [0.25, 0.3) is 0 Å². The molecule has 1 N–H and O–H groups in total. The minimum absolute atomic E-state index is 0.0350. The molecular formula is C11H12BrN3O3. The number of halogens is 1. The molecule has 1 aromatic rings. The molecule has 1 saturated heterocycles. The fraction of sp³-hybridized carbons (Fsp3) is 0.364. The zero-order valence-corrected chi connectivity index (χ0v) is 11.3. The normalized spacial score (nSPS) is 19.1. The molecular weight excluding hydrogens is 302 g/mol. The van der Waals surface area contributed by atoms with Crippen LogP contribution in [-0.4, -0.2) is 35.4 Å². The number of anilines is 1. The molecule has 2 rings (SSSR count). The number of hydrogen-bond donors (Lipinski definition) is 1. The Kier molecular flexibility index (Phi) is 3.51. The second kappa shape index (κ2) is 4.93. The van der Waals surface area contributed by atoms with E-state index in [9.17, 15) is 14.9 Å². The third-order valence-corrected chi connectivity index (χ3v) is 3.41. The van der Waals surface area contributed by atoms with Crippen molar-refractivity contribution in [3.05, 3.63) is 32.8 Å². The third-order valence-electron chi connectivity index (χ3n) is 2.91. The molecule has 96 valence electrons. The quantitative estimate of drug-likeness (QED) is 0.684. The van der Waals surface area contributed by atoms with E-state index in [0.29, 0.717) is 23.1 Å². The van der Waals surface area contributed by atoms with E-state index in [0.717, 1.165) is 0 Å². The number of nitrogens with zero attached hydrogens (tertiary/aromatic N) is 2. The van der Waals surface area contributed by atoms with Crippen molar-refractivity contribution in [2.75, 3.05) is 18.9 Å². The van der Waals surface area contributed by atoms with Crippen LogP contribution >= 0.6 is 15.9 Å². The van der Waals surface area contributed by atoms with Crippen molar-refractivity contribution < 1.29 is 9.72 Å². The van der Waals surface area contributed by atoms with E-state index in [-0.39, 0.29) is 17.6 Å². The molecule has 1 amide bonds. The fourth-order valence-corrected chi connectivity index (χ4v) is 2.27. The molecule has 0 spiro atoms. The number of amides is 1. The number of nitro benzene ring substituents is 1. The number of benzene rings is 1. The van der Waals surface area contributed by atoms with Gasteiger partial charge in [0.05, 0.1) is 4.92 Å². The summed E-state index contributed by atoms with van der Waals surface area (Å²) >= 11 is 3.19. The summed E-state index contributed by atoms with van der Waals surface area (Å²) in [5.41, 5.74) is 0.337. The Bertz CT molecular complexity index is 506. The summed E-state index contributed by atoms with van der Waals surface area (Å²) in [7, 11) is 1.72. The Labute approximate surface area is 112 Å². The highest BCUT2D eigenvalue weighted by Gasteiger charge is 2.30. The van der Waals surface area contributed by atoms with Crippen LogP contribution in [0, 0.1) is 10.1 Å². The maximum atomic E-state index is 11.7. The summed E-state index contributed by atoms with van der Waals surface area (Å²) in [5.74, 6) is -0.0350. The molecule has 1 aliphatic rings. The Balaban J connectivity index is 2.24. The summed E-state index contributed by atoms with van der Waals surface area (Å²) in [5, 5.41) is 13.9. The van der Waals surface area contributed by atoms with Crippen LogP contribution in [0.3, 0.4) is 0 Å². The average molecular weight is 314 g/mol. The van der Waals surface area contributed by atoms with Gasteiger partial charge in [0.1, 0.15) is 11.7 Å². The van der Waals surface area contributed by atoms with Crippen LogP contribution < -0.4 is 5.32 Å². The molecule has 0 aliphatic carbocycles. The van der Waals surface area contributed by atoms with Crippen LogP contribution in [0.4, 0.5) is 11.4 Å². The van der Waals surface area contributed by atoms with Crippen LogP contribution in [0.2, 0.25) is 0 Å². The van der Waals surface area contributed by atoms with Gasteiger partial charge in [-0.2, -0.15) is 0 Å². The Morgan fingerprint density at radius 2 is 2.28 bits per heavy atom. The SMILES string of the molecule is CN1CCC(Nc2ccc(Br)cc2[N+](=O)[O-])C1=O. The molecule has 7 heteroatoms. The molecule has 1 aliphatic heterocycles. The second-order valence-corrected chi connectivity index (χ2v) is 5.08. The first-order valence-electron chi connectivity index (χ1n) is 5.44. The van der Waals surface area contributed by atoms with E-state index < -0.39 is 4.92 Å². The Morgan fingerprint density at radius 1 is 1.56 bits per heavy atom. The summed E-state index contributed by atoms with van der Waals surface area (Å²) in [6, 6.07) is 4.35. The van der Waals surface area contributed by atoms with E-state index in [4.69, 9.17) is 0 Å². The second-order valence-electron chi connectivity index (χ2n) is 4.16. The number of likely N-dealkylation sites (tertiary alicyclic amines) is 1. The maximum absolute atomic E-state index is 11.7. The number of nitro groups is 1. The lowest BCUT2D eigenvalue weighted by atomic mass is 10.2. The molecule has 0 radical (unpaired) electrons. The van der Waals surface area contributed by atoms with Gasteiger partial charge in [0.25, 0.3) is 5.69 Å². The zero-order valence-electron chi connectivity index (χ0n) is 9.72. The van der Waals surface area contributed by atoms with Gasteiger partial charge >= 0.3 is 0 Å². The van der Waals surface area contributed by atoms with Crippen molar-refractivity contribution in [3.63, 3.8) is 0 Å². The van der Waals surface area contributed by atoms with Gasteiger partial charge in [0, 0.05) is 24.1 Å². The predicted octanol–water partition coefficient (Wildman–Crippen LogP) is 2.00. The average Bonchev–Trinajstić information content (AvgIpc) is 2.63. The smallest absolute Gasteiger partial charge is 0.293 e. The topological polar surface area (TPSA) is 75.5 Å². The minimum Gasteiger partial charge on any atom is -0.368 e. The lowest BCUT2D eigenvalue weighted by molar-refractivity contribution is -0.384. The first-order valence-corrected chi connectivity index (χ1v) is 6.24. The predicted molar refractivity (Wildman–Crippen MR) is 70.5 cm³/mol. The monoisotopic (exact) mass is 313 g/mol. The van der Waals surface area contributed by atoms with E-state index in [2.05, 4.69) is 21.2 Å². The number of rotatable bonds is 3. The van der Waals surface area contributed by atoms with Gasteiger partial charge in [-0.15, -0.1) is 0 Å². The lowest BCUT2D eigenvalue weighted by Crippen LogP contribution is -2.31.